The molecule has 1 aliphatic rings. The van der Waals surface area contributed by atoms with Crippen molar-refractivity contribution in [2.24, 2.45) is 0 Å². The summed E-state index contributed by atoms with van der Waals surface area (Å²) in [6.45, 7) is 1.95. The van der Waals surface area contributed by atoms with Crippen LogP contribution in [-0.2, 0) is 24.2 Å². The third-order valence-corrected chi connectivity index (χ3v) is 7.40. The third-order valence-electron chi connectivity index (χ3n) is 5.22. The number of carbonyl (C=O) groups is 1. The molecule has 0 saturated carbocycles. The van der Waals surface area contributed by atoms with E-state index >= 15 is 0 Å². The van der Waals surface area contributed by atoms with Crippen molar-refractivity contribution in [3.63, 3.8) is 0 Å². The van der Waals surface area contributed by atoms with Gasteiger partial charge in [0.15, 0.2) is 0 Å². The van der Waals surface area contributed by atoms with Crippen LogP contribution in [0.4, 0.5) is 5.00 Å². The van der Waals surface area contributed by atoms with E-state index in [0.717, 1.165) is 46.2 Å². The number of likely N-dealkylation sites (N-methyl/N-ethyl adjacent to an activating group) is 1. The highest BCUT2D eigenvalue weighted by Crippen LogP contribution is 2.45. The summed E-state index contributed by atoms with van der Waals surface area (Å²) < 4.78 is 1.18. The second-order valence-corrected chi connectivity index (χ2v) is 9.53. The van der Waals surface area contributed by atoms with Crippen LogP contribution in [0.1, 0.15) is 16.0 Å². The number of anilines is 1. The van der Waals surface area contributed by atoms with Gasteiger partial charge >= 0.3 is 0 Å². The fourth-order valence-electron chi connectivity index (χ4n) is 3.78. The summed E-state index contributed by atoms with van der Waals surface area (Å²) >= 11 is 3.41. The van der Waals surface area contributed by atoms with E-state index in [-0.39, 0.29) is 18.3 Å². The molecule has 4 aromatic rings. The number of halogens is 1. The van der Waals surface area contributed by atoms with Gasteiger partial charge < -0.3 is 10.2 Å². The van der Waals surface area contributed by atoms with E-state index in [0.29, 0.717) is 6.42 Å². The minimum absolute atomic E-state index is 0. The zero-order chi connectivity index (χ0) is 19.8. The van der Waals surface area contributed by atoms with Gasteiger partial charge in [-0.25, -0.2) is 4.98 Å². The largest absolute Gasteiger partial charge is 0.317 e. The molecule has 1 N–H and O–H groups in total. The zero-order valence-electron chi connectivity index (χ0n) is 16.6. The Morgan fingerprint density at radius 3 is 2.67 bits per heavy atom. The molecule has 0 unspecified atom stereocenters. The molecule has 2 aromatic heterocycles. The minimum atomic E-state index is 0. The monoisotopic (exact) mass is 455 g/mol. The van der Waals surface area contributed by atoms with E-state index in [1.807, 2.05) is 42.5 Å². The molecule has 30 heavy (non-hydrogen) atoms. The number of nitrogens with one attached hydrogen (secondary N) is 1. The molecule has 1 aliphatic heterocycles. The SMILES string of the molecule is CN1CCc2c(sc(NC(=O)Cc3ccccc3)c2-c2nc3ccccc3s2)C1.Cl. The van der Waals surface area contributed by atoms with Gasteiger partial charge in [0, 0.05) is 23.5 Å². The maximum absolute atomic E-state index is 12.8. The molecular formula is C23H22ClN3OS2. The Bertz CT molecular complexity index is 1150. The van der Waals surface area contributed by atoms with E-state index < -0.39 is 0 Å². The number of aromatic nitrogens is 1. The maximum atomic E-state index is 12.8. The summed E-state index contributed by atoms with van der Waals surface area (Å²) in [6, 6.07) is 18.1. The molecule has 0 radical (unpaired) electrons. The lowest BCUT2D eigenvalue weighted by Crippen LogP contribution is -2.25. The average molecular weight is 456 g/mol. The van der Waals surface area contributed by atoms with E-state index in [1.54, 1.807) is 22.7 Å². The van der Waals surface area contributed by atoms with E-state index in [1.165, 1.54) is 15.1 Å². The van der Waals surface area contributed by atoms with Gasteiger partial charge in [-0.15, -0.1) is 35.1 Å². The van der Waals surface area contributed by atoms with Crippen LogP contribution < -0.4 is 5.32 Å². The molecule has 3 heterocycles. The Balaban J connectivity index is 0.00000218. The molecule has 0 bridgehead atoms. The van der Waals surface area contributed by atoms with Crippen LogP contribution in [-0.4, -0.2) is 29.4 Å². The predicted octanol–water partition coefficient (Wildman–Crippen LogP) is 5.62. The van der Waals surface area contributed by atoms with Crippen molar-refractivity contribution in [2.75, 3.05) is 18.9 Å². The molecule has 7 heteroatoms. The van der Waals surface area contributed by atoms with Gasteiger partial charge in [-0.05, 0) is 36.7 Å². The van der Waals surface area contributed by atoms with Crippen LogP contribution >= 0.6 is 35.1 Å². The highest BCUT2D eigenvalue weighted by molar-refractivity contribution is 7.22. The highest BCUT2D eigenvalue weighted by Gasteiger charge is 2.26. The molecule has 2 aromatic carbocycles. The Morgan fingerprint density at radius 1 is 1.10 bits per heavy atom. The van der Waals surface area contributed by atoms with Crippen molar-refractivity contribution in [2.45, 2.75) is 19.4 Å². The average Bonchev–Trinajstić information content (AvgIpc) is 3.28. The predicted molar refractivity (Wildman–Crippen MR) is 129 cm³/mol. The summed E-state index contributed by atoms with van der Waals surface area (Å²) in [5.41, 5.74) is 4.51. The van der Waals surface area contributed by atoms with Crippen LogP contribution in [0.25, 0.3) is 20.8 Å². The highest BCUT2D eigenvalue weighted by atomic mass is 35.5. The second-order valence-electron chi connectivity index (χ2n) is 7.39. The van der Waals surface area contributed by atoms with Gasteiger partial charge in [-0.3, -0.25) is 4.79 Å². The molecule has 0 spiro atoms. The van der Waals surface area contributed by atoms with Crippen molar-refractivity contribution in [3.8, 4) is 10.6 Å². The zero-order valence-corrected chi connectivity index (χ0v) is 19.0. The van der Waals surface area contributed by atoms with Crippen molar-refractivity contribution >= 4 is 56.2 Å². The van der Waals surface area contributed by atoms with Gasteiger partial charge in [0.25, 0.3) is 0 Å². The number of hydrogen-bond donors (Lipinski definition) is 1. The molecule has 0 atom stereocenters. The Morgan fingerprint density at radius 2 is 1.87 bits per heavy atom. The van der Waals surface area contributed by atoms with E-state index in [9.17, 15) is 4.79 Å². The third kappa shape index (κ3) is 4.14. The molecule has 4 nitrogen and oxygen atoms in total. The number of benzene rings is 2. The molecule has 5 rings (SSSR count). The van der Waals surface area contributed by atoms with Crippen LogP contribution in [0.15, 0.2) is 54.6 Å². The van der Waals surface area contributed by atoms with Crippen LogP contribution in [0.2, 0.25) is 0 Å². The molecule has 0 aliphatic carbocycles. The lowest BCUT2D eigenvalue weighted by Gasteiger charge is -2.22. The second kappa shape index (κ2) is 8.86. The summed E-state index contributed by atoms with van der Waals surface area (Å²) in [6.07, 6.45) is 1.37. The van der Waals surface area contributed by atoms with Gasteiger partial charge in [0.2, 0.25) is 5.91 Å². The molecule has 0 saturated heterocycles. The number of rotatable bonds is 4. The normalized spacial score (nSPS) is 13.6. The smallest absolute Gasteiger partial charge is 0.229 e. The number of carbonyl (C=O) groups excluding carboxylic acids is 1. The quantitative estimate of drug-likeness (QED) is 0.434. The lowest BCUT2D eigenvalue weighted by atomic mass is 10.0. The first-order valence-electron chi connectivity index (χ1n) is 9.70. The summed E-state index contributed by atoms with van der Waals surface area (Å²) in [4.78, 5) is 21.3. The van der Waals surface area contributed by atoms with E-state index in [4.69, 9.17) is 4.98 Å². The van der Waals surface area contributed by atoms with Crippen molar-refractivity contribution in [1.29, 1.82) is 0 Å². The maximum Gasteiger partial charge on any atom is 0.229 e. The first-order chi connectivity index (χ1) is 14.2. The Labute approximate surface area is 190 Å². The molecule has 0 fully saturated rings. The summed E-state index contributed by atoms with van der Waals surface area (Å²) in [5.74, 6) is 0.0190. The minimum Gasteiger partial charge on any atom is -0.317 e. The van der Waals surface area contributed by atoms with Gasteiger partial charge in [0.1, 0.15) is 10.0 Å². The summed E-state index contributed by atoms with van der Waals surface area (Å²) in [5, 5.41) is 5.14. The number of nitrogens with zero attached hydrogens (tertiary/aromatic N) is 2. The first-order valence-corrected chi connectivity index (χ1v) is 11.3. The molecule has 1 amide bonds. The number of para-hydroxylation sites is 1. The topological polar surface area (TPSA) is 45.2 Å². The fraction of sp³-hybridized carbons (Fsp3) is 0.217. The number of fused-ring (bicyclic) bond motifs is 2. The Hall–Kier alpha value is -2.25. The number of amides is 1. The van der Waals surface area contributed by atoms with Crippen LogP contribution in [0.3, 0.4) is 0 Å². The fourth-order valence-corrected chi connectivity index (χ4v) is 6.23. The molecule has 154 valence electrons. The Kier molecular flexibility index (Phi) is 6.20. The van der Waals surface area contributed by atoms with Gasteiger partial charge in [-0.1, -0.05) is 42.5 Å². The first kappa shape index (κ1) is 21.0. The lowest BCUT2D eigenvalue weighted by molar-refractivity contribution is -0.115. The number of thiazole rings is 1. The molecular weight excluding hydrogens is 434 g/mol. The van der Waals surface area contributed by atoms with Crippen molar-refractivity contribution < 1.29 is 4.79 Å². The van der Waals surface area contributed by atoms with Gasteiger partial charge in [-0.2, -0.15) is 0 Å². The van der Waals surface area contributed by atoms with Crippen molar-refractivity contribution in [3.05, 3.63) is 70.6 Å². The van der Waals surface area contributed by atoms with Gasteiger partial charge in [0.05, 0.1) is 16.6 Å². The summed E-state index contributed by atoms with van der Waals surface area (Å²) in [7, 11) is 2.15. The van der Waals surface area contributed by atoms with Crippen LogP contribution in [0, 0.1) is 0 Å². The van der Waals surface area contributed by atoms with Crippen molar-refractivity contribution in [1.82, 2.24) is 9.88 Å². The van der Waals surface area contributed by atoms with Crippen LogP contribution in [0.5, 0.6) is 0 Å². The standard InChI is InChI=1S/C23H21N3OS2.ClH/c1-26-12-11-16-19(14-26)29-23(25-20(27)13-15-7-3-2-4-8-15)21(16)22-24-17-9-5-6-10-18(17)28-22;/h2-10H,11-14H2,1H3,(H,25,27);1H. The number of thiophene rings is 1. The number of hydrogen-bond acceptors (Lipinski definition) is 5. The van der Waals surface area contributed by atoms with E-state index in [2.05, 4.69) is 29.4 Å².